The molecular weight excluding hydrogens is 240 g/mol. The van der Waals surface area contributed by atoms with Crippen LogP contribution in [0.5, 0.6) is 0 Å². The van der Waals surface area contributed by atoms with Gasteiger partial charge in [0.25, 0.3) is 0 Å². The highest BCUT2D eigenvalue weighted by atomic mass is 79.9. The number of anilines is 1. The molecule has 2 aromatic rings. The van der Waals surface area contributed by atoms with Crippen LogP contribution in [0, 0.1) is 0 Å². The van der Waals surface area contributed by atoms with Gasteiger partial charge in [0.1, 0.15) is 10.4 Å². The Balaban J connectivity index is 2.53. The van der Waals surface area contributed by atoms with E-state index in [9.17, 15) is 0 Å². The van der Waals surface area contributed by atoms with Crippen molar-refractivity contribution in [1.82, 2.24) is 4.98 Å². The first-order valence-electron chi connectivity index (χ1n) is 4.25. The van der Waals surface area contributed by atoms with E-state index >= 15 is 0 Å². The molecule has 3 heteroatoms. The number of hydrogen-bond acceptors (Lipinski definition) is 2. The van der Waals surface area contributed by atoms with Crippen molar-refractivity contribution in [3.63, 3.8) is 0 Å². The van der Waals surface area contributed by atoms with Crippen molar-refractivity contribution >= 4 is 21.7 Å². The zero-order chi connectivity index (χ0) is 9.97. The third-order valence-corrected chi connectivity index (χ3v) is 2.42. The molecule has 0 spiro atoms. The second-order valence-electron chi connectivity index (χ2n) is 2.93. The second kappa shape index (κ2) is 3.80. The molecule has 0 aliphatic rings. The number of nitrogens with two attached hydrogens (primary N) is 1. The Labute approximate surface area is 90.9 Å². The summed E-state index contributed by atoms with van der Waals surface area (Å²) in [6.07, 6.45) is 0. The van der Waals surface area contributed by atoms with Crippen LogP contribution in [-0.4, -0.2) is 4.98 Å². The fourth-order valence-electron chi connectivity index (χ4n) is 1.31. The minimum absolute atomic E-state index is 0.547. The lowest BCUT2D eigenvalue weighted by Crippen LogP contribution is -1.93. The molecule has 0 aliphatic carbocycles. The van der Waals surface area contributed by atoms with Crippen molar-refractivity contribution in [1.29, 1.82) is 0 Å². The van der Waals surface area contributed by atoms with E-state index in [2.05, 4.69) is 20.9 Å². The SMILES string of the molecule is Nc1nc(Br)ccc1-c1ccccc1. The Hall–Kier alpha value is -1.35. The summed E-state index contributed by atoms with van der Waals surface area (Å²) in [6.45, 7) is 0. The maximum Gasteiger partial charge on any atom is 0.132 e. The number of hydrogen-bond donors (Lipinski definition) is 1. The van der Waals surface area contributed by atoms with Gasteiger partial charge in [0.2, 0.25) is 0 Å². The molecule has 1 heterocycles. The van der Waals surface area contributed by atoms with Gasteiger partial charge < -0.3 is 5.73 Å². The molecule has 0 saturated carbocycles. The van der Waals surface area contributed by atoms with E-state index in [-0.39, 0.29) is 0 Å². The minimum atomic E-state index is 0.547. The van der Waals surface area contributed by atoms with Gasteiger partial charge in [-0.3, -0.25) is 0 Å². The van der Waals surface area contributed by atoms with Crippen LogP contribution in [0.1, 0.15) is 0 Å². The largest absolute Gasteiger partial charge is 0.383 e. The lowest BCUT2D eigenvalue weighted by atomic mass is 10.1. The van der Waals surface area contributed by atoms with Crippen molar-refractivity contribution < 1.29 is 0 Å². The predicted octanol–water partition coefficient (Wildman–Crippen LogP) is 3.09. The van der Waals surface area contributed by atoms with Gasteiger partial charge >= 0.3 is 0 Å². The van der Waals surface area contributed by atoms with Crippen LogP contribution in [0.25, 0.3) is 11.1 Å². The smallest absolute Gasteiger partial charge is 0.132 e. The lowest BCUT2D eigenvalue weighted by molar-refractivity contribution is 1.29. The lowest BCUT2D eigenvalue weighted by Gasteiger charge is -2.04. The molecule has 1 aromatic carbocycles. The highest BCUT2D eigenvalue weighted by molar-refractivity contribution is 9.10. The Morgan fingerprint density at radius 2 is 1.71 bits per heavy atom. The summed E-state index contributed by atoms with van der Waals surface area (Å²) in [7, 11) is 0. The maximum atomic E-state index is 5.81. The van der Waals surface area contributed by atoms with Crippen LogP contribution in [0.15, 0.2) is 47.1 Å². The number of aromatic nitrogens is 1. The van der Waals surface area contributed by atoms with E-state index in [0.717, 1.165) is 15.7 Å². The van der Waals surface area contributed by atoms with E-state index in [1.165, 1.54) is 0 Å². The first-order valence-corrected chi connectivity index (χ1v) is 5.04. The molecule has 2 nitrogen and oxygen atoms in total. The molecule has 14 heavy (non-hydrogen) atoms. The molecule has 0 fully saturated rings. The quantitative estimate of drug-likeness (QED) is 0.788. The summed E-state index contributed by atoms with van der Waals surface area (Å²) in [5, 5.41) is 0. The first-order chi connectivity index (χ1) is 6.77. The van der Waals surface area contributed by atoms with Crippen molar-refractivity contribution in [2.75, 3.05) is 5.73 Å². The first kappa shape index (κ1) is 9.21. The number of nitrogens with zero attached hydrogens (tertiary/aromatic N) is 1. The van der Waals surface area contributed by atoms with Gasteiger partial charge in [-0.2, -0.15) is 0 Å². The van der Waals surface area contributed by atoms with Crippen LogP contribution >= 0.6 is 15.9 Å². The molecular formula is C11H9BrN2. The highest BCUT2D eigenvalue weighted by Crippen LogP contribution is 2.25. The van der Waals surface area contributed by atoms with E-state index in [4.69, 9.17) is 5.73 Å². The molecule has 70 valence electrons. The number of rotatable bonds is 1. The number of halogens is 1. The third kappa shape index (κ3) is 1.77. The predicted molar refractivity (Wildman–Crippen MR) is 61.8 cm³/mol. The van der Waals surface area contributed by atoms with Gasteiger partial charge in [0.15, 0.2) is 0 Å². The Kier molecular flexibility index (Phi) is 2.50. The summed E-state index contributed by atoms with van der Waals surface area (Å²) < 4.78 is 0.759. The third-order valence-electron chi connectivity index (χ3n) is 1.98. The van der Waals surface area contributed by atoms with Crippen LogP contribution in [0.2, 0.25) is 0 Å². The Morgan fingerprint density at radius 1 is 1.00 bits per heavy atom. The average molecular weight is 249 g/mol. The summed E-state index contributed by atoms with van der Waals surface area (Å²) in [4.78, 5) is 4.14. The van der Waals surface area contributed by atoms with Crippen molar-refractivity contribution in [2.24, 2.45) is 0 Å². The zero-order valence-electron chi connectivity index (χ0n) is 7.44. The summed E-state index contributed by atoms with van der Waals surface area (Å²) in [6, 6.07) is 13.8. The molecule has 0 atom stereocenters. The van der Waals surface area contributed by atoms with Crippen LogP contribution in [0.4, 0.5) is 5.82 Å². The monoisotopic (exact) mass is 248 g/mol. The normalized spacial score (nSPS) is 10.1. The van der Waals surface area contributed by atoms with Gasteiger partial charge in [-0.1, -0.05) is 30.3 Å². The second-order valence-corrected chi connectivity index (χ2v) is 3.75. The van der Waals surface area contributed by atoms with Crippen molar-refractivity contribution in [3.05, 3.63) is 47.1 Å². The summed E-state index contributed by atoms with van der Waals surface area (Å²) in [5.74, 6) is 0.547. The van der Waals surface area contributed by atoms with Crippen molar-refractivity contribution in [2.45, 2.75) is 0 Å². The van der Waals surface area contributed by atoms with Gasteiger partial charge in [-0.05, 0) is 33.6 Å². The molecule has 1 aromatic heterocycles. The van der Waals surface area contributed by atoms with Gasteiger partial charge in [-0.15, -0.1) is 0 Å². The maximum absolute atomic E-state index is 5.81. The number of benzene rings is 1. The molecule has 0 unspecified atom stereocenters. The molecule has 2 N–H and O–H groups in total. The van der Waals surface area contributed by atoms with Crippen LogP contribution in [0.3, 0.4) is 0 Å². The van der Waals surface area contributed by atoms with E-state index in [1.54, 1.807) is 0 Å². The van der Waals surface area contributed by atoms with Gasteiger partial charge in [0, 0.05) is 5.56 Å². The standard InChI is InChI=1S/C11H9BrN2/c12-10-7-6-9(11(13)14-10)8-4-2-1-3-5-8/h1-7H,(H2,13,14). The van der Waals surface area contributed by atoms with Gasteiger partial charge in [-0.25, -0.2) is 4.98 Å². The molecule has 0 aliphatic heterocycles. The topological polar surface area (TPSA) is 38.9 Å². The average Bonchev–Trinajstić information content (AvgIpc) is 2.19. The summed E-state index contributed by atoms with van der Waals surface area (Å²) in [5.41, 5.74) is 7.87. The fraction of sp³-hybridized carbons (Fsp3) is 0. The highest BCUT2D eigenvalue weighted by Gasteiger charge is 2.02. The molecule has 0 radical (unpaired) electrons. The van der Waals surface area contributed by atoms with Crippen molar-refractivity contribution in [3.8, 4) is 11.1 Å². The summed E-state index contributed by atoms with van der Waals surface area (Å²) >= 11 is 3.28. The zero-order valence-corrected chi connectivity index (χ0v) is 9.03. The Bertz CT molecular complexity index is 440. The van der Waals surface area contributed by atoms with Gasteiger partial charge in [0.05, 0.1) is 0 Å². The minimum Gasteiger partial charge on any atom is -0.383 e. The van der Waals surface area contributed by atoms with Crippen LogP contribution in [-0.2, 0) is 0 Å². The van der Waals surface area contributed by atoms with E-state index in [0.29, 0.717) is 5.82 Å². The molecule has 0 saturated heterocycles. The van der Waals surface area contributed by atoms with E-state index < -0.39 is 0 Å². The van der Waals surface area contributed by atoms with E-state index in [1.807, 2.05) is 42.5 Å². The number of pyridine rings is 1. The molecule has 0 bridgehead atoms. The molecule has 0 amide bonds. The van der Waals surface area contributed by atoms with Crippen LogP contribution < -0.4 is 5.73 Å². The Morgan fingerprint density at radius 3 is 2.36 bits per heavy atom. The fourth-order valence-corrected chi connectivity index (χ4v) is 1.64. The molecule has 2 rings (SSSR count). The number of nitrogen functional groups attached to an aromatic ring is 1.